The molecule has 168 valence electrons. The molecule has 4 aromatic rings. The van der Waals surface area contributed by atoms with Gasteiger partial charge < -0.3 is 15.8 Å². The average molecular weight is 480 g/mol. The number of alkyl halides is 3. The Labute approximate surface area is 190 Å². The van der Waals surface area contributed by atoms with E-state index in [-0.39, 0.29) is 6.04 Å². The Morgan fingerprint density at radius 2 is 1.91 bits per heavy atom. The van der Waals surface area contributed by atoms with Gasteiger partial charge in [-0.1, -0.05) is 34.8 Å². The lowest BCUT2D eigenvalue weighted by atomic mass is 10.0. The van der Waals surface area contributed by atoms with Crippen molar-refractivity contribution >= 4 is 38.2 Å². The molecular weight excluding hydrogens is 459 g/mol. The topological polar surface area (TPSA) is 86.0 Å². The van der Waals surface area contributed by atoms with E-state index >= 15 is 0 Å². The summed E-state index contributed by atoms with van der Waals surface area (Å²) in [5, 5.41) is 4.74. The Balaban J connectivity index is 1.43. The third-order valence-corrected chi connectivity index (χ3v) is 6.82. The van der Waals surface area contributed by atoms with E-state index in [1.165, 1.54) is 34.8 Å². The van der Waals surface area contributed by atoms with Gasteiger partial charge in [-0.05, 0) is 36.2 Å². The summed E-state index contributed by atoms with van der Waals surface area (Å²) in [6.07, 6.45) is -2.17. The molecule has 0 fully saturated rings. The van der Waals surface area contributed by atoms with E-state index in [0.717, 1.165) is 43.6 Å². The molecule has 0 spiro atoms. The van der Waals surface area contributed by atoms with Gasteiger partial charge in [0.15, 0.2) is 5.13 Å². The van der Waals surface area contributed by atoms with E-state index in [2.05, 4.69) is 20.3 Å². The molecule has 6 nitrogen and oxygen atoms in total. The Morgan fingerprint density at radius 3 is 2.59 bits per heavy atom. The third kappa shape index (κ3) is 5.23. The van der Waals surface area contributed by atoms with Gasteiger partial charge in [-0.2, -0.15) is 13.2 Å². The van der Waals surface area contributed by atoms with Crippen molar-refractivity contribution in [2.24, 2.45) is 5.73 Å². The summed E-state index contributed by atoms with van der Waals surface area (Å²) in [6.45, 7) is 0.760. The largest absolute Gasteiger partial charge is 0.416 e. The van der Waals surface area contributed by atoms with Crippen LogP contribution in [-0.4, -0.2) is 34.6 Å². The average Bonchev–Trinajstić information content (AvgIpc) is 3.36. The standard InChI is InChI=1S/C21H20F3N5OS2/c1-30-11-16-17(19-28-15-3-2-8-26-18(15)32-19)31-20(29-16)27-10-14(25)9-12-4-6-13(7-5-12)21(22,23)24/h2-8,14H,9-11,25H2,1H3,(H,27,29)/t14-/m0/s1. The number of ether oxygens (including phenoxy) is 1. The predicted molar refractivity (Wildman–Crippen MR) is 121 cm³/mol. The van der Waals surface area contributed by atoms with E-state index in [1.54, 1.807) is 13.3 Å². The predicted octanol–water partition coefficient (Wildman–Crippen LogP) is 4.96. The van der Waals surface area contributed by atoms with Gasteiger partial charge in [0.2, 0.25) is 0 Å². The van der Waals surface area contributed by atoms with Crippen molar-refractivity contribution in [3.8, 4) is 9.88 Å². The molecule has 3 heterocycles. The summed E-state index contributed by atoms with van der Waals surface area (Å²) < 4.78 is 43.4. The molecule has 0 aliphatic heterocycles. The number of aromatic nitrogens is 3. The molecule has 0 aliphatic rings. The number of nitrogens with zero attached hydrogens (tertiary/aromatic N) is 3. The van der Waals surface area contributed by atoms with Crippen LogP contribution in [0, 0.1) is 0 Å². The smallest absolute Gasteiger partial charge is 0.378 e. The first-order valence-corrected chi connectivity index (χ1v) is 11.3. The number of hydrogen-bond donors (Lipinski definition) is 2. The van der Waals surface area contributed by atoms with E-state index in [1.807, 2.05) is 12.1 Å². The van der Waals surface area contributed by atoms with Gasteiger partial charge in [-0.25, -0.2) is 15.0 Å². The molecule has 32 heavy (non-hydrogen) atoms. The van der Waals surface area contributed by atoms with Crippen LogP contribution in [0.2, 0.25) is 0 Å². The lowest BCUT2D eigenvalue weighted by molar-refractivity contribution is -0.137. The number of methoxy groups -OCH3 is 1. The first-order chi connectivity index (χ1) is 15.3. The molecule has 1 atom stereocenters. The summed E-state index contributed by atoms with van der Waals surface area (Å²) in [5.74, 6) is 0. The maximum Gasteiger partial charge on any atom is 0.416 e. The van der Waals surface area contributed by atoms with E-state index in [4.69, 9.17) is 10.5 Å². The van der Waals surface area contributed by atoms with Crippen LogP contribution in [0.1, 0.15) is 16.8 Å². The fourth-order valence-corrected chi connectivity index (χ4v) is 5.10. The van der Waals surface area contributed by atoms with Crippen LogP contribution in [0.4, 0.5) is 18.3 Å². The van der Waals surface area contributed by atoms with Crippen molar-refractivity contribution in [1.29, 1.82) is 0 Å². The van der Waals surface area contributed by atoms with E-state index in [9.17, 15) is 13.2 Å². The maximum atomic E-state index is 12.7. The zero-order valence-corrected chi connectivity index (χ0v) is 18.7. The van der Waals surface area contributed by atoms with Crippen molar-refractivity contribution in [2.45, 2.75) is 25.2 Å². The van der Waals surface area contributed by atoms with Crippen molar-refractivity contribution in [1.82, 2.24) is 15.0 Å². The molecule has 1 aromatic carbocycles. The Hall–Kier alpha value is -2.60. The van der Waals surface area contributed by atoms with Crippen LogP contribution in [0.15, 0.2) is 42.6 Å². The fourth-order valence-electron chi connectivity index (χ4n) is 3.12. The first kappa shape index (κ1) is 22.6. The zero-order chi connectivity index (χ0) is 22.7. The van der Waals surface area contributed by atoms with Gasteiger partial charge in [0, 0.05) is 25.9 Å². The number of hydrogen-bond acceptors (Lipinski definition) is 8. The van der Waals surface area contributed by atoms with Gasteiger partial charge >= 0.3 is 6.18 Å². The summed E-state index contributed by atoms with van der Waals surface area (Å²) in [4.78, 5) is 15.4. The van der Waals surface area contributed by atoms with Crippen molar-refractivity contribution in [3.05, 3.63) is 59.4 Å². The molecule has 3 aromatic heterocycles. The highest BCUT2D eigenvalue weighted by molar-refractivity contribution is 7.26. The number of halogens is 3. The van der Waals surface area contributed by atoms with Crippen LogP contribution in [0.5, 0.6) is 0 Å². The lowest BCUT2D eigenvalue weighted by Crippen LogP contribution is -2.31. The number of nitrogens with one attached hydrogen (secondary N) is 1. The molecule has 11 heteroatoms. The Morgan fingerprint density at radius 1 is 1.12 bits per heavy atom. The third-order valence-electron chi connectivity index (χ3n) is 4.63. The highest BCUT2D eigenvalue weighted by Crippen LogP contribution is 2.37. The minimum atomic E-state index is -4.34. The minimum absolute atomic E-state index is 0.295. The number of pyridine rings is 1. The van der Waals surface area contributed by atoms with E-state index < -0.39 is 11.7 Å². The van der Waals surface area contributed by atoms with Crippen molar-refractivity contribution in [2.75, 3.05) is 19.0 Å². The molecule has 0 saturated carbocycles. The highest BCUT2D eigenvalue weighted by Gasteiger charge is 2.30. The monoisotopic (exact) mass is 479 g/mol. The van der Waals surface area contributed by atoms with Gasteiger partial charge in [0.25, 0.3) is 0 Å². The SMILES string of the molecule is COCc1nc(NC[C@@H](N)Cc2ccc(C(F)(F)F)cc2)sc1-c1nc2cccnc2s1. The number of fused-ring (bicyclic) bond motifs is 1. The highest BCUT2D eigenvalue weighted by atomic mass is 32.1. The zero-order valence-electron chi connectivity index (χ0n) is 17.0. The van der Waals surface area contributed by atoms with E-state index in [0.29, 0.717) is 24.7 Å². The molecule has 0 saturated heterocycles. The lowest BCUT2D eigenvalue weighted by Gasteiger charge is -2.13. The minimum Gasteiger partial charge on any atom is -0.378 e. The molecule has 0 radical (unpaired) electrons. The molecule has 4 rings (SSSR count). The second-order valence-corrected chi connectivity index (χ2v) is 9.09. The first-order valence-electron chi connectivity index (χ1n) is 9.69. The van der Waals surface area contributed by atoms with Crippen LogP contribution in [0.3, 0.4) is 0 Å². The summed E-state index contributed by atoms with van der Waals surface area (Å²) >= 11 is 2.95. The number of nitrogens with two attached hydrogens (primary N) is 1. The molecule has 3 N–H and O–H groups in total. The molecule has 0 bridgehead atoms. The molecular formula is C21H20F3N5OS2. The second kappa shape index (κ2) is 9.49. The second-order valence-electron chi connectivity index (χ2n) is 7.11. The quantitative estimate of drug-likeness (QED) is 0.371. The number of thiazole rings is 2. The summed E-state index contributed by atoms with van der Waals surface area (Å²) in [6, 6.07) is 8.54. The van der Waals surface area contributed by atoms with Crippen LogP contribution in [-0.2, 0) is 23.9 Å². The molecule has 0 amide bonds. The number of anilines is 1. The Kier molecular flexibility index (Phi) is 6.70. The summed E-state index contributed by atoms with van der Waals surface area (Å²) in [7, 11) is 1.61. The molecule has 0 unspecified atom stereocenters. The van der Waals surface area contributed by atoms with Gasteiger partial charge in [0.05, 0.1) is 22.7 Å². The van der Waals surface area contributed by atoms with Gasteiger partial charge in [-0.15, -0.1) is 0 Å². The van der Waals surface area contributed by atoms with Crippen LogP contribution >= 0.6 is 22.7 Å². The Bertz CT molecular complexity index is 1160. The number of rotatable bonds is 8. The van der Waals surface area contributed by atoms with Crippen molar-refractivity contribution in [3.63, 3.8) is 0 Å². The van der Waals surface area contributed by atoms with Crippen LogP contribution < -0.4 is 11.1 Å². The normalized spacial score (nSPS) is 12.9. The summed E-state index contributed by atoms with van der Waals surface area (Å²) in [5.41, 5.74) is 7.87. The molecule has 0 aliphatic carbocycles. The fraction of sp³-hybridized carbons (Fsp3) is 0.286. The van der Waals surface area contributed by atoms with Crippen LogP contribution in [0.25, 0.3) is 20.2 Å². The van der Waals surface area contributed by atoms with Crippen molar-refractivity contribution < 1.29 is 17.9 Å². The van der Waals surface area contributed by atoms with Gasteiger partial charge in [-0.3, -0.25) is 0 Å². The van der Waals surface area contributed by atoms with Gasteiger partial charge in [0.1, 0.15) is 15.4 Å². The maximum absolute atomic E-state index is 12.7. The number of benzene rings is 1.